The SMILES string of the molecule is O=C(O)C(F)(F)F.c1cncc(CN2CC3(CC(OCC4CC4)CCO3)C2)c1. The van der Waals surface area contributed by atoms with Crippen LogP contribution in [0.3, 0.4) is 0 Å². The van der Waals surface area contributed by atoms with Gasteiger partial charge in [0.25, 0.3) is 0 Å². The Bertz CT molecular complexity index is 646. The summed E-state index contributed by atoms with van der Waals surface area (Å²) in [6, 6.07) is 4.14. The second kappa shape index (κ2) is 8.75. The van der Waals surface area contributed by atoms with E-state index in [0.717, 1.165) is 51.6 Å². The van der Waals surface area contributed by atoms with Crippen LogP contribution in [0.2, 0.25) is 0 Å². The van der Waals surface area contributed by atoms with Crippen molar-refractivity contribution in [3.8, 4) is 0 Å². The second-order valence-electron chi connectivity index (χ2n) is 7.73. The minimum Gasteiger partial charge on any atom is -0.475 e. The first-order valence-corrected chi connectivity index (χ1v) is 9.43. The molecule has 1 atom stereocenters. The predicted octanol–water partition coefficient (Wildman–Crippen LogP) is 2.87. The number of aliphatic carboxylic acids is 1. The summed E-state index contributed by atoms with van der Waals surface area (Å²) in [5.41, 5.74) is 1.35. The molecule has 2 aliphatic heterocycles. The molecule has 1 unspecified atom stereocenters. The maximum absolute atomic E-state index is 10.6. The van der Waals surface area contributed by atoms with Gasteiger partial charge in [-0.1, -0.05) is 6.07 Å². The van der Waals surface area contributed by atoms with E-state index in [-0.39, 0.29) is 5.60 Å². The van der Waals surface area contributed by atoms with Crippen molar-refractivity contribution in [2.24, 2.45) is 5.92 Å². The summed E-state index contributed by atoms with van der Waals surface area (Å²) in [5, 5.41) is 7.12. The Balaban J connectivity index is 0.000000279. The van der Waals surface area contributed by atoms with Crippen molar-refractivity contribution in [2.75, 3.05) is 26.3 Å². The molecule has 1 aromatic heterocycles. The van der Waals surface area contributed by atoms with Crippen molar-refractivity contribution in [3.63, 3.8) is 0 Å². The van der Waals surface area contributed by atoms with Crippen LogP contribution in [0.5, 0.6) is 0 Å². The highest BCUT2D eigenvalue weighted by Crippen LogP contribution is 2.37. The van der Waals surface area contributed by atoms with Gasteiger partial charge in [-0.05, 0) is 36.8 Å². The number of alkyl halides is 3. The van der Waals surface area contributed by atoms with Gasteiger partial charge >= 0.3 is 12.1 Å². The quantitative estimate of drug-likeness (QED) is 0.817. The summed E-state index contributed by atoms with van der Waals surface area (Å²) in [6.07, 6.45) is 3.99. The van der Waals surface area contributed by atoms with Gasteiger partial charge in [0.15, 0.2) is 0 Å². The molecular formula is C19H25F3N2O4. The first-order valence-electron chi connectivity index (χ1n) is 9.43. The molecule has 3 fully saturated rings. The molecule has 1 saturated carbocycles. The van der Waals surface area contributed by atoms with Gasteiger partial charge in [-0.15, -0.1) is 0 Å². The zero-order chi connectivity index (χ0) is 20.2. The molecule has 6 nitrogen and oxygen atoms in total. The monoisotopic (exact) mass is 402 g/mol. The van der Waals surface area contributed by atoms with Gasteiger partial charge < -0.3 is 14.6 Å². The van der Waals surface area contributed by atoms with Crippen LogP contribution in [-0.2, 0) is 20.8 Å². The Morgan fingerprint density at radius 3 is 2.64 bits per heavy atom. The summed E-state index contributed by atoms with van der Waals surface area (Å²) in [6.45, 7) is 4.87. The number of pyridine rings is 1. The van der Waals surface area contributed by atoms with Crippen molar-refractivity contribution in [1.82, 2.24) is 9.88 Å². The zero-order valence-electron chi connectivity index (χ0n) is 15.5. The fourth-order valence-corrected chi connectivity index (χ4v) is 3.53. The lowest BCUT2D eigenvalue weighted by Crippen LogP contribution is -2.65. The van der Waals surface area contributed by atoms with E-state index in [1.54, 1.807) is 0 Å². The maximum Gasteiger partial charge on any atom is 0.490 e. The highest BCUT2D eigenvalue weighted by Gasteiger charge is 2.47. The second-order valence-corrected chi connectivity index (χ2v) is 7.73. The van der Waals surface area contributed by atoms with Crippen molar-refractivity contribution >= 4 is 5.97 Å². The fraction of sp³-hybridized carbons (Fsp3) is 0.684. The molecule has 9 heteroatoms. The molecule has 156 valence electrons. The minimum absolute atomic E-state index is 0.0642. The number of nitrogens with zero attached hydrogens (tertiary/aromatic N) is 2. The molecule has 0 amide bonds. The van der Waals surface area contributed by atoms with E-state index in [2.05, 4.69) is 16.0 Å². The molecular weight excluding hydrogens is 377 g/mol. The van der Waals surface area contributed by atoms with Crippen LogP contribution in [0, 0.1) is 5.92 Å². The highest BCUT2D eigenvalue weighted by atomic mass is 19.4. The topological polar surface area (TPSA) is 71.9 Å². The van der Waals surface area contributed by atoms with Crippen LogP contribution in [0.4, 0.5) is 13.2 Å². The van der Waals surface area contributed by atoms with Crippen LogP contribution in [0.25, 0.3) is 0 Å². The Hall–Kier alpha value is -1.71. The van der Waals surface area contributed by atoms with E-state index in [1.165, 1.54) is 18.4 Å². The first kappa shape index (κ1) is 21.0. The Kier molecular flexibility index (Phi) is 6.57. The third-order valence-electron chi connectivity index (χ3n) is 5.11. The molecule has 3 aliphatic rings. The predicted molar refractivity (Wildman–Crippen MR) is 93.6 cm³/mol. The van der Waals surface area contributed by atoms with Crippen LogP contribution in [-0.4, -0.2) is 65.1 Å². The molecule has 1 aliphatic carbocycles. The number of hydrogen-bond acceptors (Lipinski definition) is 5. The van der Waals surface area contributed by atoms with E-state index in [9.17, 15) is 13.2 Å². The first-order chi connectivity index (χ1) is 13.3. The number of carbonyl (C=O) groups is 1. The third kappa shape index (κ3) is 6.15. The fourth-order valence-electron chi connectivity index (χ4n) is 3.53. The third-order valence-corrected chi connectivity index (χ3v) is 5.11. The van der Waals surface area contributed by atoms with Crippen molar-refractivity contribution < 1.29 is 32.5 Å². The average molecular weight is 402 g/mol. The molecule has 4 rings (SSSR count). The van der Waals surface area contributed by atoms with Crippen molar-refractivity contribution in [1.29, 1.82) is 0 Å². The number of likely N-dealkylation sites (tertiary alicyclic amines) is 1. The molecule has 3 heterocycles. The smallest absolute Gasteiger partial charge is 0.475 e. The standard InChI is InChI=1S/C17H24N2O2.C2HF3O2/c1-2-15(9-18-6-1)10-19-12-17(13-19)8-16(5-7-21-17)20-11-14-3-4-14;3-2(4,5)1(6)7/h1-2,6,9,14,16H,3-5,7-8,10-13H2;(H,6,7). The minimum atomic E-state index is -5.08. The number of hydrogen-bond donors (Lipinski definition) is 1. The number of ether oxygens (including phenoxy) is 2. The van der Waals surface area contributed by atoms with Crippen LogP contribution in [0.1, 0.15) is 31.2 Å². The zero-order valence-corrected chi connectivity index (χ0v) is 15.5. The normalized spacial score (nSPS) is 24.2. The van der Waals surface area contributed by atoms with Gasteiger partial charge in [-0.25, -0.2) is 4.79 Å². The summed E-state index contributed by atoms with van der Waals surface area (Å²) in [4.78, 5) is 15.5. The number of aromatic nitrogens is 1. The van der Waals surface area contributed by atoms with E-state index in [0.29, 0.717) is 6.10 Å². The molecule has 2 saturated heterocycles. The van der Waals surface area contributed by atoms with E-state index in [4.69, 9.17) is 19.4 Å². The van der Waals surface area contributed by atoms with Gasteiger partial charge in [0.1, 0.15) is 0 Å². The number of carboxylic acids is 1. The van der Waals surface area contributed by atoms with Crippen molar-refractivity contribution in [2.45, 2.75) is 50.1 Å². The van der Waals surface area contributed by atoms with Gasteiger partial charge in [0, 0.05) is 51.7 Å². The van der Waals surface area contributed by atoms with Gasteiger partial charge in [0.2, 0.25) is 0 Å². The number of carboxylic acid groups (broad SMARTS) is 1. The summed E-state index contributed by atoms with van der Waals surface area (Å²) in [7, 11) is 0. The Morgan fingerprint density at radius 1 is 1.36 bits per heavy atom. The van der Waals surface area contributed by atoms with Crippen LogP contribution in [0.15, 0.2) is 24.5 Å². The number of rotatable bonds is 5. The highest BCUT2D eigenvalue weighted by molar-refractivity contribution is 5.73. The van der Waals surface area contributed by atoms with E-state index < -0.39 is 12.1 Å². The van der Waals surface area contributed by atoms with Crippen molar-refractivity contribution in [3.05, 3.63) is 30.1 Å². The average Bonchev–Trinajstić information content (AvgIpc) is 3.44. The molecule has 0 aromatic carbocycles. The summed E-state index contributed by atoms with van der Waals surface area (Å²) < 4.78 is 43.9. The van der Waals surface area contributed by atoms with Gasteiger partial charge in [0.05, 0.1) is 11.7 Å². The van der Waals surface area contributed by atoms with Crippen LogP contribution < -0.4 is 0 Å². The largest absolute Gasteiger partial charge is 0.490 e. The summed E-state index contributed by atoms with van der Waals surface area (Å²) in [5.74, 6) is -1.90. The molecule has 1 spiro atoms. The molecule has 0 bridgehead atoms. The van der Waals surface area contributed by atoms with Gasteiger partial charge in [-0.3, -0.25) is 9.88 Å². The molecule has 1 N–H and O–H groups in total. The Labute approximate surface area is 161 Å². The maximum atomic E-state index is 10.6. The Morgan fingerprint density at radius 2 is 2.07 bits per heavy atom. The van der Waals surface area contributed by atoms with Crippen LogP contribution >= 0.6 is 0 Å². The lowest BCUT2D eigenvalue weighted by molar-refractivity contribution is -0.199. The molecule has 0 radical (unpaired) electrons. The lowest BCUT2D eigenvalue weighted by Gasteiger charge is -2.53. The summed E-state index contributed by atoms with van der Waals surface area (Å²) >= 11 is 0. The van der Waals surface area contributed by atoms with E-state index in [1.807, 2.05) is 18.5 Å². The van der Waals surface area contributed by atoms with E-state index >= 15 is 0 Å². The number of halogens is 3. The lowest BCUT2D eigenvalue weighted by atomic mass is 9.84. The molecule has 28 heavy (non-hydrogen) atoms. The molecule has 1 aromatic rings. The van der Waals surface area contributed by atoms with Gasteiger partial charge in [-0.2, -0.15) is 13.2 Å².